The number of thioether (sulfide) groups is 1. The molecule has 2 aromatic carbocycles. The molecule has 3 rings (SSSR count). The van der Waals surface area contributed by atoms with Crippen LogP contribution in [0.3, 0.4) is 0 Å². The molecular weight excluding hydrogens is 370 g/mol. The lowest BCUT2D eigenvalue weighted by Gasteiger charge is -2.18. The Bertz CT molecular complexity index is 880. The Hall–Kier alpha value is -2.60. The molecule has 6 heteroatoms. The highest BCUT2D eigenvalue weighted by Crippen LogP contribution is 2.32. The van der Waals surface area contributed by atoms with Crippen LogP contribution in [0.15, 0.2) is 59.6 Å². The van der Waals surface area contributed by atoms with E-state index < -0.39 is 5.25 Å². The summed E-state index contributed by atoms with van der Waals surface area (Å²) in [5.41, 5.74) is 2.62. The minimum atomic E-state index is -0.453. The van der Waals surface area contributed by atoms with Crippen molar-refractivity contribution in [1.29, 1.82) is 0 Å². The number of amides is 2. The highest BCUT2D eigenvalue weighted by atomic mass is 32.2. The zero-order chi connectivity index (χ0) is 20.1. The van der Waals surface area contributed by atoms with Crippen LogP contribution >= 0.6 is 11.8 Å². The molecule has 0 aliphatic carbocycles. The first-order chi connectivity index (χ1) is 13.4. The van der Waals surface area contributed by atoms with Gasteiger partial charge < -0.3 is 5.32 Å². The van der Waals surface area contributed by atoms with Gasteiger partial charge in [0.15, 0.2) is 5.17 Å². The third-order valence-corrected chi connectivity index (χ3v) is 5.40. The van der Waals surface area contributed by atoms with Gasteiger partial charge in [0.2, 0.25) is 11.8 Å². The molecule has 1 N–H and O–H groups in total. The largest absolute Gasteiger partial charge is 0.326 e. The monoisotopic (exact) mass is 395 g/mol. The highest BCUT2D eigenvalue weighted by Gasteiger charge is 2.39. The second kappa shape index (κ2) is 9.06. The van der Waals surface area contributed by atoms with Gasteiger partial charge in [-0.25, -0.2) is 4.99 Å². The van der Waals surface area contributed by atoms with Crippen molar-refractivity contribution in [2.75, 3.05) is 11.9 Å². The number of rotatable bonds is 6. The van der Waals surface area contributed by atoms with E-state index in [9.17, 15) is 9.59 Å². The lowest BCUT2D eigenvalue weighted by molar-refractivity contribution is -0.128. The van der Waals surface area contributed by atoms with Crippen LogP contribution in [0.5, 0.6) is 0 Å². The number of aryl methyl sites for hydroxylation is 1. The number of anilines is 1. The predicted molar refractivity (Wildman–Crippen MR) is 116 cm³/mol. The number of hydrogen-bond acceptors (Lipinski definition) is 4. The molecule has 1 aliphatic rings. The summed E-state index contributed by atoms with van der Waals surface area (Å²) in [5.74, 6) is 0.0973. The third-order valence-electron chi connectivity index (χ3n) is 4.22. The summed E-state index contributed by atoms with van der Waals surface area (Å²) in [7, 11) is 0. The summed E-state index contributed by atoms with van der Waals surface area (Å²) in [6.07, 6.45) is 0.125. The van der Waals surface area contributed by atoms with Crippen molar-refractivity contribution in [3.8, 4) is 0 Å². The van der Waals surface area contributed by atoms with Crippen molar-refractivity contribution in [2.45, 2.75) is 32.4 Å². The van der Waals surface area contributed by atoms with Crippen molar-refractivity contribution >= 4 is 40.1 Å². The van der Waals surface area contributed by atoms with Crippen LogP contribution in [-0.4, -0.2) is 33.7 Å². The third kappa shape index (κ3) is 5.23. The summed E-state index contributed by atoms with van der Waals surface area (Å²) in [5, 5.41) is 3.10. The molecule has 0 aromatic heterocycles. The molecule has 1 aliphatic heterocycles. The maximum atomic E-state index is 12.9. The van der Waals surface area contributed by atoms with Gasteiger partial charge in [0.1, 0.15) is 5.25 Å². The van der Waals surface area contributed by atoms with Crippen molar-refractivity contribution in [3.63, 3.8) is 0 Å². The second-order valence-corrected chi connectivity index (χ2v) is 8.47. The topological polar surface area (TPSA) is 61.8 Å². The van der Waals surface area contributed by atoms with Gasteiger partial charge in [-0.05, 0) is 42.7 Å². The van der Waals surface area contributed by atoms with Crippen molar-refractivity contribution in [2.24, 2.45) is 10.9 Å². The molecule has 146 valence electrons. The molecule has 2 amide bonds. The molecule has 1 atom stereocenters. The van der Waals surface area contributed by atoms with E-state index in [0.29, 0.717) is 17.6 Å². The Morgan fingerprint density at radius 3 is 2.61 bits per heavy atom. The molecule has 0 radical (unpaired) electrons. The quantitative estimate of drug-likeness (QED) is 0.777. The average Bonchev–Trinajstić information content (AvgIpc) is 2.91. The molecule has 5 nitrogen and oxygen atoms in total. The molecule has 0 spiro atoms. The second-order valence-electron chi connectivity index (χ2n) is 7.30. The first-order valence-corrected chi connectivity index (χ1v) is 10.3. The van der Waals surface area contributed by atoms with Gasteiger partial charge >= 0.3 is 0 Å². The molecule has 1 saturated heterocycles. The van der Waals surface area contributed by atoms with Crippen molar-refractivity contribution in [3.05, 3.63) is 60.2 Å². The normalized spacial score (nSPS) is 18.1. The maximum absolute atomic E-state index is 12.9. The first-order valence-electron chi connectivity index (χ1n) is 9.40. The average molecular weight is 396 g/mol. The van der Waals surface area contributed by atoms with Gasteiger partial charge in [-0.3, -0.25) is 14.5 Å². The number of nitrogens with one attached hydrogen (secondary N) is 1. The summed E-state index contributed by atoms with van der Waals surface area (Å²) in [6.45, 7) is 6.70. The van der Waals surface area contributed by atoms with E-state index in [1.807, 2.05) is 61.5 Å². The molecule has 0 saturated carbocycles. The molecular formula is C22H25N3O2S. The number of aliphatic imine (C=N–C) groups is 1. The van der Waals surface area contributed by atoms with E-state index in [1.165, 1.54) is 11.8 Å². The van der Waals surface area contributed by atoms with Crippen LogP contribution in [0, 0.1) is 12.8 Å². The van der Waals surface area contributed by atoms with E-state index in [0.717, 1.165) is 16.9 Å². The number of para-hydroxylation sites is 1. The van der Waals surface area contributed by atoms with Crippen LogP contribution in [0.25, 0.3) is 0 Å². The number of nitrogens with zero attached hydrogens (tertiary/aromatic N) is 2. The van der Waals surface area contributed by atoms with Gasteiger partial charge in [0.25, 0.3) is 0 Å². The van der Waals surface area contributed by atoms with Crippen LogP contribution in [0.4, 0.5) is 11.4 Å². The van der Waals surface area contributed by atoms with E-state index in [4.69, 9.17) is 0 Å². The van der Waals surface area contributed by atoms with E-state index in [-0.39, 0.29) is 18.2 Å². The SMILES string of the molecule is Cc1cccc(NC(=O)C[C@H]2SC(=Nc3ccccc3)N(CC(C)C)C2=O)c1. The number of hydrogen-bond donors (Lipinski definition) is 1. The summed E-state index contributed by atoms with van der Waals surface area (Å²) in [4.78, 5) is 31.8. The number of benzene rings is 2. The molecule has 0 bridgehead atoms. The molecule has 2 aromatic rings. The zero-order valence-electron chi connectivity index (χ0n) is 16.4. The molecule has 1 fully saturated rings. The fourth-order valence-corrected chi connectivity index (χ4v) is 4.14. The molecule has 28 heavy (non-hydrogen) atoms. The lowest BCUT2D eigenvalue weighted by atomic mass is 10.2. The van der Waals surface area contributed by atoms with Crippen molar-refractivity contribution in [1.82, 2.24) is 4.90 Å². The fourth-order valence-electron chi connectivity index (χ4n) is 2.97. The predicted octanol–water partition coefficient (Wildman–Crippen LogP) is 4.61. The minimum Gasteiger partial charge on any atom is -0.326 e. The zero-order valence-corrected chi connectivity index (χ0v) is 17.2. The standard InChI is InChI=1S/C22H25N3O2S/c1-15(2)14-25-21(27)19(28-22(25)24-17-9-5-4-6-10-17)13-20(26)23-18-11-7-8-16(3)12-18/h4-12,15,19H,13-14H2,1-3H3,(H,23,26)/t19-/m1/s1. The van der Waals surface area contributed by atoms with Crippen LogP contribution in [0.2, 0.25) is 0 Å². The van der Waals surface area contributed by atoms with E-state index >= 15 is 0 Å². The molecule has 1 heterocycles. The van der Waals surface area contributed by atoms with Crippen LogP contribution in [-0.2, 0) is 9.59 Å². The van der Waals surface area contributed by atoms with Crippen LogP contribution < -0.4 is 5.32 Å². The summed E-state index contributed by atoms with van der Waals surface area (Å²) < 4.78 is 0. The Morgan fingerprint density at radius 1 is 1.18 bits per heavy atom. The Kier molecular flexibility index (Phi) is 6.52. The first kappa shape index (κ1) is 20.1. The van der Waals surface area contributed by atoms with E-state index in [1.54, 1.807) is 4.90 Å². The van der Waals surface area contributed by atoms with Gasteiger partial charge in [-0.2, -0.15) is 0 Å². The van der Waals surface area contributed by atoms with Gasteiger partial charge in [-0.15, -0.1) is 0 Å². The lowest BCUT2D eigenvalue weighted by Crippen LogP contribution is -2.36. The number of carbonyl (C=O) groups is 2. The summed E-state index contributed by atoms with van der Waals surface area (Å²) >= 11 is 1.37. The smallest absolute Gasteiger partial charge is 0.242 e. The van der Waals surface area contributed by atoms with Gasteiger partial charge in [-0.1, -0.05) is 55.9 Å². The molecule has 0 unspecified atom stereocenters. The maximum Gasteiger partial charge on any atom is 0.242 e. The van der Waals surface area contributed by atoms with Gasteiger partial charge in [0, 0.05) is 18.7 Å². The Morgan fingerprint density at radius 2 is 1.93 bits per heavy atom. The van der Waals surface area contributed by atoms with Crippen molar-refractivity contribution < 1.29 is 9.59 Å². The minimum absolute atomic E-state index is 0.0484. The van der Waals surface area contributed by atoms with Crippen LogP contribution in [0.1, 0.15) is 25.8 Å². The van der Waals surface area contributed by atoms with Gasteiger partial charge in [0.05, 0.1) is 5.69 Å². The Labute approximate surface area is 170 Å². The number of amidine groups is 1. The number of carbonyl (C=O) groups excluding carboxylic acids is 2. The summed E-state index contributed by atoms with van der Waals surface area (Å²) in [6, 6.07) is 17.2. The Balaban J connectivity index is 1.73. The fraction of sp³-hybridized carbons (Fsp3) is 0.318. The van der Waals surface area contributed by atoms with E-state index in [2.05, 4.69) is 24.2 Å². The highest BCUT2D eigenvalue weighted by molar-refractivity contribution is 8.15.